The first-order chi connectivity index (χ1) is 15.8. The molecule has 8 nitrogen and oxygen atoms in total. The first kappa shape index (κ1) is 24.3. The molecule has 9 heteroatoms. The summed E-state index contributed by atoms with van der Waals surface area (Å²) >= 11 is 0. The van der Waals surface area contributed by atoms with Crippen molar-refractivity contribution in [2.24, 2.45) is 0 Å². The molecule has 34 heavy (non-hydrogen) atoms. The first-order valence-corrected chi connectivity index (χ1v) is 11.7. The third-order valence-electron chi connectivity index (χ3n) is 6.75. The number of nitrogens with zero attached hydrogens (tertiary/aromatic N) is 3. The van der Waals surface area contributed by atoms with Crippen molar-refractivity contribution in [1.82, 2.24) is 14.9 Å². The molecule has 1 aromatic heterocycles. The molecule has 0 saturated carbocycles. The maximum atomic E-state index is 12.8. The summed E-state index contributed by atoms with van der Waals surface area (Å²) in [5.41, 5.74) is 1.37. The molecule has 3 heterocycles. The maximum absolute atomic E-state index is 12.8. The van der Waals surface area contributed by atoms with Crippen LogP contribution < -0.4 is 5.46 Å². The summed E-state index contributed by atoms with van der Waals surface area (Å²) < 4.78 is 17.8. The fourth-order valence-corrected chi connectivity index (χ4v) is 4.14. The third kappa shape index (κ3) is 4.70. The predicted molar refractivity (Wildman–Crippen MR) is 130 cm³/mol. The molecular formula is C25H33BN4O4. The lowest BCUT2D eigenvalue weighted by molar-refractivity contribution is 0.00578. The van der Waals surface area contributed by atoms with E-state index in [1.165, 1.54) is 0 Å². The quantitative estimate of drug-likeness (QED) is 0.540. The molecule has 0 bridgehead atoms. The lowest BCUT2D eigenvalue weighted by Gasteiger charge is -2.32. The van der Waals surface area contributed by atoms with Gasteiger partial charge in [-0.15, -0.1) is 0 Å². The lowest BCUT2D eigenvalue weighted by atomic mass is 9.79. The SMILES string of the molecule is [C-]#[N+]C1C[C@@H](c2ncc(-c3ccc(B4OC(C)(C)C(C)(C)O4)cc3)[nH]2)N(C(=O)OC(C)(C)C)C1. The molecule has 2 fully saturated rings. The van der Waals surface area contributed by atoms with Crippen molar-refractivity contribution >= 4 is 18.7 Å². The van der Waals surface area contributed by atoms with Crippen LogP contribution in [-0.4, -0.2) is 57.5 Å². The topological polar surface area (TPSA) is 81.0 Å². The van der Waals surface area contributed by atoms with Gasteiger partial charge in [0.1, 0.15) is 24.0 Å². The number of amides is 1. The number of benzene rings is 1. The number of aromatic nitrogens is 2. The van der Waals surface area contributed by atoms with Gasteiger partial charge in [-0.3, -0.25) is 4.90 Å². The van der Waals surface area contributed by atoms with Gasteiger partial charge in [0, 0.05) is 0 Å². The van der Waals surface area contributed by atoms with Crippen molar-refractivity contribution < 1.29 is 18.8 Å². The van der Waals surface area contributed by atoms with Gasteiger partial charge in [-0.2, -0.15) is 0 Å². The van der Waals surface area contributed by atoms with Crippen LogP contribution in [0.5, 0.6) is 0 Å². The van der Waals surface area contributed by atoms with Gasteiger partial charge in [0.25, 0.3) is 0 Å². The zero-order valence-corrected chi connectivity index (χ0v) is 21.0. The summed E-state index contributed by atoms with van der Waals surface area (Å²) in [7, 11) is -0.414. The Hall–Kier alpha value is -2.83. The number of aromatic amines is 1. The minimum atomic E-state index is -0.606. The number of carbonyl (C=O) groups is 1. The van der Waals surface area contributed by atoms with Crippen LogP contribution in [0.15, 0.2) is 30.5 Å². The number of ether oxygens (including phenoxy) is 1. The number of H-pyrrole nitrogens is 1. The van der Waals surface area contributed by atoms with E-state index in [4.69, 9.17) is 20.6 Å². The summed E-state index contributed by atoms with van der Waals surface area (Å²) in [6.45, 7) is 21.4. The number of hydrogen-bond donors (Lipinski definition) is 1. The highest BCUT2D eigenvalue weighted by Gasteiger charge is 2.51. The smallest absolute Gasteiger partial charge is 0.444 e. The second-order valence-electron chi connectivity index (χ2n) is 11.1. The first-order valence-electron chi connectivity index (χ1n) is 11.7. The molecule has 2 aromatic rings. The summed E-state index contributed by atoms with van der Waals surface area (Å²) in [6, 6.07) is 7.39. The van der Waals surface area contributed by atoms with Crippen molar-refractivity contribution in [3.63, 3.8) is 0 Å². The van der Waals surface area contributed by atoms with E-state index in [1.54, 1.807) is 11.1 Å². The van der Waals surface area contributed by atoms with Crippen molar-refractivity contribution in [2.75, 3.05) is 6.54 Å². The monoisotopic (exact) mass is 464 g/mol. The van der Waals surface area contributed by atoms with Crippen LogP contribution in [0, 0.1) is 6.57 Å². The Morgan fingerprint density at radius 2 is 1.82 bits per heavy atom. The molecule has 1 unspecified atom stereocenters. The van der Waals surface area contributed by atoms with Crippen LogP contribution in [0.2, 0.25) is 0 Å². The van der Waals surface area contributed by atoms with Gasteiger partial charge >= 0.3 is 13.2 Å². The third-order valence-corrected chi connectivity index (χ3v) is 6.75. The Bertz CT molecular complexity index is 1080. The molecule has 0 radical (unpaired) electrons. The lowest BCUT2D eigenvalue weighted by Crippen LogP contribution is -2.41. The molecule has 2 saturated heterocycles. The molecule has 0 spiro atoms. The fourth-order valence-electron chi connectivity index (χ4n) is 4.14. The highest BCUT2D eigenvalue weighted by molar-refractivity contribution is 6.62. The minimum absolute atomic E-state index is 0.273. The fraction of sp³-hybridized carbons (Fsp3) is 0.560. The van der Waals surface area contributed by atoms with Crippen LogP contribution in [0.3, 0.4) is 0 Å². The average molecular weight is 464 g/mol. The Morgan fingerprint density at radius 3 is 2.38 bits per heavy atom. The number of hydrogen-bond acceptors (Lipinski definition) is 5. The molecule has 1 aromatic carbocycles. The second-order valence-corrected chi connectivity index (χ2v) is 11.1. The van der Waals surface area contributed by atoms with Gasteiger partial charge in [0.15, 0.2) is 0 Å². The van der Waals surface area contributed by atoms with Crippen LogP contribution in [-0.2, 0) is 14.0 Å². The predicted octanol–water partition coefficient (Wildman–Crippen LogP) is 4.35. The highest BCUT2D eigenvalue weighted by atomic mass is 16.7. The van der Waals surface area contributed by atoms with E-state index in [0.717, 1.165) is 16.7 Å². The van der Waals surface area contributed by atoms with Gasteiger partial charge in [-0.1, -0.05) is 24.3 Å². The Kier molecular flexibility index (Phi) is 6.03. The van der Waals surface area contributed by atoms with Crippen LogP contribution >= 0.6 is 0 Å². The maximum Gasteiger partial charge on any atom is 0.494 e. The molecular weight excluding hydrogens is 431 g/mol. The molecule has 2 aliphatic heterocycles. The van der Waals surface area contributed by atoms with Gasteiger partial charge in [-0.05, 0) is 59.5 Å². The van der Waals surface area contributed by atoms with E-state index >= 15 is 0 Å². The average Bonchev–Trinajstić information content (AvgIpc) is 3.43. The molecule has 4 rings (SSSR count). The van der Waals surface area contributed by atoms with Crippen molar-refractivity contribution in [3.05, 3.63) is 47.7 Å². The number of likely N-dealkylation sites (tertiary alicyclic amines) is 1. The van der Waals surface area contributed by atoms with Crippen molar-refractivity contribution in [2.45, 2.75) is 83.8 Å². The summed E-state index contributed by atoms with van der Waals surface area (Å²) in [5.74, 6) is 0.655. The largest absolute Gasteiger partial charge is 0.494 e. The van der Waals surface area contributed by atoms with Crippen molar-refractivity contribution in [1.29, 1.82) is 0 Å². The molecule has 1 amide bonds. The Labute approximate surface area is 202 Å². The highest BCUT2D eigenvalue weighted by Crippen LogP contribution is 2.37. The zero-order chi connectivity index (χ0) is 24.9. The number of carbonyl (C=O) groups excluding carboxylic acids is 1. The number of nitrogens with one attached hydrogen (secondary N) is 1. The normalized spacial score (nSPS) is 23.7. The molecule has 1 N–H and O–H groups in total. The van der Waals surface area contributed by atoms with E-state index in [-0.39, 0.29) is 23.3 Å². The molecule has 2 atom stereocenters. The van der Waals surface area contributed by atoms with E-state index in [9.17, 15) is 4.79 Å². The van der Waals surface area contributed by atoms with E-state index in [2.05, 4.69) is 14.8 Å². The van der Waals surface area contributed by atoms with Crippen molar-refractivity contribution in [3.8, 4) is 11.3 Å². The van der Waals surface area contributed by atoms with Gasteiger partial charge in [0.2, 0.25) is 6.04 Å². The molecule has 180 valence electrons. The zero-order valence-electron chi connectivity index (χ0n) is 21.0. The second kappa shape index (κ2) is 8.44. The van der Waals surface area contributed by atoms with E-state index in [1.807, 2.05) is 72.7 Å². The van der Waals surface area contributed by atoms with Gasteiger partial charge < -0.3 is 23.9 Å². The summed E-state index contributed by atoms with van der Waals surface area (Å²) in [6.07, 6.45) is 1.86. The van der Waals surface area contributed by atoms with Gasteiger partial charge in [-0.25, -0.2) is 16.4 Å². The summed E-state index contributed by atoms with van der Waals surface area (Å²) in [4.78, 5) is 25.9. The molecule has 0 aliphatic carbocycles. The van der Waals surface area contributed by atoms with E-state index in [0.29, 0.717) is 18.8 Å². The Balaban J connectivity index is 1.51. The Morgan fingerprint density at radius 1 is 1.21 bits per heavy atom. The van der Waals surface area contributed by atoms with Crippen LogP contribution in [0.1, 0.15) is 66.8 Å². The number of rotatable bonds is 3. The number of imidazole rings is 1. The van der Waals surface area contributed by atoms with Crippen LogP contribution in [0.4, 0.5) is 4.79 Å². The standard InChI is InChI=1S/C25H33BN4O4/c1-23(2,3)32-22(31)30-15-18(27-8)13-20(30)21-28-14-19(29-21)16-9-11-17(12-10-16)26-33-24(4,5)25(6,7)34-26/h9-12,14,18,20H,13,15H2,1-7H3,(H,28,29)/t18?,20-/m0/s1. The minimum Gasteiger partial charge on any atom is -0.444 e. The van der Waals surface area contributed by atoms with Gasteiger partial charge in [0.05, 0.1) is 29.5 Å². The van der Waals surface area contributed by atoms with E-state index < -0.39 is 18.8 Å². The summed E-state index contributed by atoms with van der Waals surface area (Å²) in [5, 5.41) is 0. The molecule has 2 aliphatic rings. The van der Waals surface area contributed by atoms with Crippen LogP contribution in [0.25, 0.3) is 16.1 Å².